The highest BCUT2D eigenvalue weighted by Crippen LogP contribution is 2.00. The first-order valence-corrected chi connectivity index (χ1v) is 4.86. The van der Waals surface area contributed by atoms with Crippen LogP contribution in [0.1, 0.15) is 26.2 Å². The van der Waals surface area contributed by atoms with E-state index in [9.17, 15) is 0 Å². The third kappa shape index (κ3) is 6.45. The Labute approximate surface area is 80.1 Å². The maximum Gasteiger partial charge on any atom is 0.133 e. The van der Waals surface area contributed by atoms with Crippen LogP contribution in [0.15, 0.2) is 0 Å². The highest BCUT2D eigenvalue weighted by atomic mass is 35.5. The molecule has 0 amide bonds. The summed E-state index contributed by atoms with van der Waals surface area (Å²) < 4.78 is 0. The maximum atomic E-state index is 8.45. The van der Waals surface area contributed by atoms with Crippen molar-refractivity contribution in [1.29, 1.82) is 5.26 Å². The van der Waals surface area contributed by atoms with E-state index in [2.05, 4.69) is 11.8 Å². The van der Waals surface area contributed by atoms with Crippen LogP contribution < -0.4 is 0 Å². The van der Waals surface area contributed by atoms with Gasteiger partial charge in [0.25, 0.3) is 0 Å². The summed E-state index contributed by atoms with van der Waals surface area (Å²) in [5.41, 5.74) is 0. The number of hydrogen-bond donors (Lipinski definition) is 0. The summed E-state index contributed by atoms with van der Waals surface area (Å²) in [5, 5.41) is 8.08. The zero-order valence-corrected chi connectivity index (χ0v) is 8.64. The van der Waals surface area contributed by atoms with Crippen LogP contribution >= 0.6 is 11.6 Å². The van der Waals surface area contributed by atoms with Crippen molar-refractivity contribution in [2.45, 2.75) is 31.6 Å². The molecule has 0 N–H and O–H groups in total. The van der Waals surface area contributed by atoms with Gasteiger partial charge in [-0.2, -0.15) is 5.26 Å². The second-order valence-corrected chi connectivity index (χ2v) is 3.59. The van der Waals surface area contributed by atoms with Gasteiger partial charge in [-0.25, -0.2) is 0 Å². The van der Waals surface area contributed by atoms with Gasteiger partial charge < -0.3 is 4.90 Å². The van der Waals surface area contributed by atoms with E-state index in [1.54, 1.807) is 0 Å². The Morgan fingerprint density at radius 1 is 1.50 bits per heavy atom. The van der Waals surface area contributed by atoms with Crippen molar-refractivity contribution >= 4 is 11.6 Å². The molecule has 0 saturated carbocycles. The summed E-state index contributed by atoms with van der Waals surface area (Å²) in [7, 11) is 2.00. The van der Waals surface area contributed by atoms with E-state index in [0.29, 0.717) is 6.54 Å². The third-order valence-electron chi connectivity index (χ3n) is 1.76. The lowest BCUT2D eigenvalue weighted by Gasteiger charge is -2.16. The van der Waals surface area contributed by atoms with Crippen molar-refractivity contribution in [3.8, 4) is 6.07 Å². The summed E-state index contributed by atoms with van der Waals surface area (Å²) in [6, 6.07) is 2.01. The molecule has 0 aliphatic heterocycles. The van der Waals surface area contributed by atoms with Gasteiger partial charge in [0.05, 0.1) is 6.07 Å². The summed E-state index contributed by atoms with van der Waals surface area (Å²) in [6.07, 6.45) is 3.68. The van der Waals surface area contributed by atoms with Gasteiger partial charge in [-0.3, -0.25) is 0 Å². The molecule has 0 spiro atoms. The molecule has 0 rings (SSSR count). The van der Waals surface area contributed by atoms with Gasteiger partial charge in [0, 0.05) is 6.54 Å². The molecule has 0 fully saturated rings. The average Bonchev–Trinajstić information content (AvgIpc) is 2.05. The lowest BCUT2D eigenvalue weighted by molar-refractivity contribution is 0.334. The van der Waals surface area contributed by atoms with Gasteiger partial charge in [-0.15, -0.1) is 11.6 Å². The van der Waals surface area contributed by atoms with Gasteiger partial charge in [0.1, 0.15) is 5.38 Å². The van der Waals surface area contributed by atoms with Gasteiger partial charge >= 0.3 is 0 Å². The number of nitrogens with zero attached hydrogens (tertiary/aromatic N) is 2. The Morgan fingerprint density at radius 3 is 2.67 bits per heavy atom. The molecule has 0 aliphatic carbocycles. The number of alkyl halides is 1. The van der Waals surface area contributed by atoms with Crippen LogP contribution in [0.4, 0.5) is 0 Å². The summed E-state index contributed by atoms with van der Waals surface area (Å²) in [5.74, 6) is 0. The first-order chi connectivity index (χ1) is 5.70. The van der Waals surface area contributed by atoms with Crippen LogP contribution in [-0.4, -0.2) is 30.4 Å². The Bertz CT molecular complexity index is 142. The largest absolute Gasteiger partial charge is 0.304 e. The van der Waals surface area contributed by atoms with Gasteiger partial charge in [0.2, 0.25) is 0 Å². The van der Waals surface area contributed by atoms with E-state index in [0.717, 1.165) is 6.54 Å². The molecule has 3 heteroatoms. The normalized spacial score (nSPS) is 12.9. The van der Waals surface area contributed by atoms with Crippen LogP contribution in [0, 0.1) is 11.3 Å². The third-order valence-corrected chi connectivity index (χ3v) is 1.99. The fourth-order valence-corrected chi connectivity index (χ4v) is 1.27. The van der Waals surface area contributed by atoms with Gasteiger partial charge in [-0.05, 0) is 20.0 Å². The van der Waals surface area contributed by atoms with Crippen LogP contribution in [-0.2, 0) is 0 Å². The number of rotatable bonds is 6. The van der Waals surface area contributed by atoms with Gasteiger partial charge in [-0.1, -0.05) is 19.8 Å². The van der Waals surface area contributed by atoms with Crippen molar-refractivity contribution in [3.05, 3.63) is 0 Å². The van der Waals surface area contributed by atoms with Crippen molar-refractivity contribution in [2.75, 3.05) is 20.1 Å². The van der Waals surface area contributed by atoms with E-state index in [-0.39, 0.29) is 5.38 Å². The zero-order chi connectivity index (χ0) is 9.40. The van der Waals surface area contributed by atoms with E-state index in [1.807, 2.05) is 13.1 Å². The first kappa shape index (κ1) is 11.7. The predicted molar refractivity (Wildman–Crippen MR) is 52.3 cm³/mol. The molecule has 1 atom stereocenters. The molecular formula is C9H17ClN2. The van der Waals surface area contributed by atoms with Crippen LogP contribution in [0.3, 0.4) is 0 Å². The monoisotopic (exact) mass is 188 g/mol. The average molecular weight is 189 g/mol. The SMILES string of the molecule is CCCCCN(C)CC(Cl)C#N. The highest BCUT2D eigenvalue weighted by Gasteiger charge is 2.05. The zero-order valence-electron chi connectivity index (χ0n) is 7.89. The summed E-state index contributed by atoms with van der Waals surface area (Å²) >= 11 is 5.67. The molecule has 1 unspecified atom stereocenters. The number of hydrogen-bond acceptors (Lipinski definition) is 2. The molecule has 0 bridgehead atoms. The Morgan fingerprint density at radius 2 is 2.17 bits per heavy atom. The van der Waals surface area contributed by atoms with Crippen molar-refractivity contribution < 1.29 is 0 Å². The second kappa shape index (κ2) is 7.39. The van der Waals surface area contributed by atoms with Crippen molar-refractivity contribution in [3.63, 3.8) is 0 Å². The van der Waals surface area contributed by atoms with Crippen LogP contribution in [0.5, 0.6) is 0 Å². The van der Waals surface area contributed by atoms with E-state index in [4.69, 9.17) is 16.9 Å². The molecule has 0 aromatic heterocycles. The van der Waals surface area contributed by atoms with E-state index < -0.39 is 0 Å². The van der Waals surface area contributed by atoms with Crippen LogP contribution in [0.25, 0.3) is 0 Å². The molecule has 0 aromatic rings. The molecule has 0 saturated heterocycles. The Hall–Kier alpha value is -0.260. The standard InChI is InChI=1S/C9H17ClN2/c1-3-4-5-6-12(2)8-9(10)7-11/h9H,3-6,8H2,1-2H3. The highest BCUT2D eigenvalue weighted by molar-refractivity contribution is 6.22. The lowest BCUT2D eigenvalue weighted by atomic mass is 10.2. The fraction of sp³-hybridized carbons (Fsp3) is 0.889. The number of unbranched alkanes of at least 4 members (excludes halogenated alkanes) is 2. The summed E-state index contributed by atoms with van der Waals surface area (Å²) in [6.45, 7) is 3.89. The number of nitriles is 1. The maximum absolute atomic E-state index is 8.45. The fourth-order valence-electron chi connectivity index (χ4n) is 1.04. The van der Waals surface area contributed by atoms with Crippen molar-refractivity contribution in [1.82, 2.24) is 4.90 Å². The second-order valence-electron chi connectivity index (χ2n) is 3.07. The first-order valence-electron chi connectivity index (χ1n) is 4.43. The molecule has 0 radical (unpaired) electrons. The smallest absolute Gasteiger partial charge is 0.133 e. The van der Waals surface area contributed by atoms with Gasteiger partial charge in [0.15, 0.2) is 0 Å². The Kier molecular flexibility index (Phi) is 7.23. The topological polar surface area (TPSA) is 27.0 Å². The van der Waals surface area contributed by atoms with Crippen molar-refractivity contribution in [2.24, 2.45) is 0 Å². The van der Waals surface area contributed by atoms with E-state index >= 15 is 0 Å². The van der Waals surface area contributed by atoms with E-state index in [1.165, 1.54) is 19.3 Å². The lowest BCUT2D eigenvalue weighted by Crippen LogP contribution is -2.26. The minimum Gasteiger partial charge on any atom is -0.304 e. The molecule has 2 nitrogen and oxygen atoms in total. The molecule has 0 aromatic carbocycles. The molecule has 70 valence electrons. The Balaban J connectivity index is 3.34. The molecule has 0 aliphatic rings. The number of halogens is 1. The predicted octanol–water partition coefficient (Wildman–Crippen LogP) is 2.24. The molecular weight excluding hydrogens is 172 g/mol. The quantitative estimate of drug-likeness (QED) is 0.472. The summed E-state index contributed by atoms with van der Waals surface area (Å²) in [4.78, 5) is 2.11. The minimum atomic E-state index is -0.364. The minimum absolute atomic E-state index is 0.364. The van der Waals surface area contributed by atoms with Crippen LogP contribution in [0.2, 0.25) is 0 Å². The molecule has 0 heterocycles. The molecule has 12 heavy (non-hydrogen) atoms.